The zero-order chi connectivity index (χ0) is 24.9. The fraction of sp³-hybridized carbons (Fsp3) is 0.500. The fourth-order valence-corrected chi connectivity index (χ4v) is 3.11. The predicted octanol–water partition coefficient (Wildman–Crippen LogP) is 0.447. The first-order valence-electron chi connectivity index (χ1n) is 10.5. The highest BCUT2D eigenvalue weighted by Gasteiger charge is 2.60. The number of esters is 3. The molecule has 12 nitrogen and oxygen atoms in total. The molecule has 0 saturated carbocycles. The van der Waals surface area contributed by atoms with Crippen LogP contribution in [-0.2, 0) is 43.0 Å². The third kappa shape index (κ3) is 5.63. The van der Waals surface area contributed by atoms with E-state index in [9.17, 15) is 24.0 Å². The zero-order valence-electron chi connectivity index (χ0n) is 19.0. The molecule has 0 radical (unpaired) electrons. The van der Waals surface area contributed by atoms with Crippen molar-refractivity contribution in [3.63, 3.8) is 0 Å². The second-order valence-electron chi connectivity index (χ2n) is 8.64. The Kier molecular flexibility index (Phi) is 7.40. The second kappa shape index (κ2) is 10.1. The van der Waals surface area contributed by atoms with E-state index in [1.54, 1.807) is 51.1 Å². The van der Waals surface area contributed by atoms with Crippen LogP contribution in [0.5, 0.6) is 5.75 Å². The number of nitrogens with one attached hydrogen (secondary N) is 1. The summed E-state index contributed by atoms with van der Waals surface area (Å²) < 4.78 is 20.3. The van der Waals surface area contributed by atoms with E-state index < -0.39 is 53.7 Å². The van der Waals surface area contributed by atoms with Crippen LogP contribution in [0.1, 0.15) is 33.6 Å². The molecule has 3 rings (SSSR count). The summed E-state index contributed by atoms with van der Waals surface area (Å²) in [5, 5.41) is 3.04. The number of para-hydroxylation sites is 1. The maximum Gasteiger partial charge on any atom is 0.377 e. The quantitative estimate of drug-likeness (QED) is 0.412. The number of nitrogens with zero attached hydrogens (tertiary/aromatic N) is 1. The smallest absolute Gasteiger partial charge is 0.377 e. The van der Waals surface area contributed by atoms with Crippen molar-refractivity contribution in [3.05, 3.63) is 30.3 Å². The van der Waals surface area contributed by atoms with Crippen molar-refractivity contribution in [1.29, 1.82) is 0 Å². The SMILES string of the molecule is CC(C)(C)C(=O)OCOC(=O)C1(N2OC[C@H](NC(=O)COc3ccccc3)C2=O)CCC(=O)O1. The number of carbonyl (C=O) groups excluding carboxylic acids is 5. The van der Waals surface area contributed by atoms with Crippen molar-refractivity contribution in [3.8, 4) is 5.75 Å². The molecule has 2 amide bonds. The van der Waals surface area contributed by atoms with Crippen LogP contribution in [0.3, 0.4) is 0 Å². The minimum absolute atomic E-state index is 0.175. The van der Waals surface area contributed by atoms with Gasteiger partial charge in [0.2, 0.25) is 6.79 Å². The molecule has 2 fully saturated rings. The Morgan fingerprint density at radius 1 is 1.15 bits per heavy atom. The van der Waals surface area contributed by atoms with Crippen molar-refractivity contribution in [1.82, 2.24) is 10.4 Å². The molecule has 1 aromatic rings. The molecule has 12 heteroatoms. The molecular weight excluding hydrogens is 452 g/mol. The maximum absolute atomic E-state index is 12.9. The number of amides is 2. The summed E-state index contributed by atoms with van der Waals surface area (Å²) in [5.74, 6) is -3.45. The van der Waals surface area contributed by atoms with Crippen LogP contribution in [0.2, 0.25) is 0 Å². The summed E-state index contributed by atoms with van der Waals surface area (Å²) in [6.45, 7) is 3.46. The van der Waals surface area contributed by atoms with Gasteiger partial charge in [-0.15, -0.1) is 0 Å². The molecule has 0 bridgehead atoms. The third-order valence-electron chi connectivity index (χ3n) is 4.91. The summed E-state index contributed by atoms with van der Waals surface area (Å²) in [6.07, 6.45) is -0.409. The molecule has 0 spiro atoms. The first-order valence-corrected chi connectivity index (χ1v) is 10.5. The zero-order valence-corrected chi connectivity index (χ0v) is 19.0. The number of carbonyl (C=O) groups is 5. The first-order chi connectivity index (χ1) is 16.0. The summed E-state index contributed by atoms with van der Waals surface area (Å²) in [7, 11) is 0. The van der Waals surface area contributed by atoms with Gasteiger partial charge >= 0.3 is 23.6 Å². The van der Waals surface area contributed by atoms with Gasteiger partial charge in [0, 0.05) is 6.42 Å². The first kappa shape index (κ1) is 25.0. The van der Waals surface area contributed by atoms with Crippen LogP contribution in [-0.4, -0.2) is 66.6 Å². The third-order valence-corrected chi connectivity index (χ3v) is 4.91. The number of cyclic esters (lactones) is 1. The minimum Gasteiger partial charge on any atom is -0.484 e. The van der Waals surface area contributed by atoms with Crippen LogP contribution in [0, 0.1) is 5.41 Å². The molecule has 2 aliphatic heterocycles. The van der Waals surface area contributed by atoms with Gasteiger partial charge in [-0.3, -0.25) is 24.0 Å². The predicted molar refractivity (Wildman–Crippen MR) is 111 cm³/mol. The molecule has 2 saturated heterocycles. The Morgan fingerprint density at radius 2 is 1.85 bits per heavy atom. The van der Waals surface area contributed by atoms with Crippen LogP contribution in [0.25, 0.3) is 0 Å². The standard InChI is InChI=1S/C22H26N2O10/c1-21(2,3)19(28)31-13-32-20(29)22(10-9-17(26)34-22)24-18(27)15(11-33-24)23-16(25)12-30-14-7-5-4-6-8-14/h4-8,15H,9-13H2,1-3H3,(H,23,25)/t15-,22?/m0/s1. The lowest BCUT2D eigenvalue weighted by molar-refractivity contribution is -0.262. The van der Waals surface area contributed by atoms with Crippen molar-refractivity contribution in [2.24, 2.45) is 5.41 Å². The normalized spacial score (nSPS) is 22.2. The molecule has 34 heavy (non-hydrogen) atoms. The maximum atomic E-state index is 12.9. The van der Waals surface area contributed by atoms with E-state index in [-0.39, 0.29) is 26.1 Å². The Morgan fingerprint density at radius 3 is 2.47 bits per heavy atom. The Hall–Kier alpha value is -3.67. The molecule has 1 N–H and O–H groups in total. The van der Waals surface area contributed by atoms with Gasteiger partial charge in [0.15, 0.2) is 6.61 Å². The lowest BCUT2D eigenvalue weighted by Gasteiger charge is -2.32. The number of benzene rings is 1. The molecule has 2 heterocycles. The highest BCUT2D eigenvalue weighted by Crippen LogP contribution is 2.35. The van der Waals surface area contributed by atoms with Crippen molar-refractivity contribution < 1.29 is 47.8 Å². The number of hydrogen-bond acceptors (Lipinski definition) is 10. The van der Waals surface area contributed by atoms with Crippen LogP contribution in [0.4, 0.5) is 0 Å². The molecule has 1 unspecified atom stereocenters. The van der Waals surface area contributed by atoms with E-state index in [0.29, 0.717) is 10.8 Å². The Balaban J connectivity index is 1.60. The topological polar surface area (TPSA) is 147 Å². The fourth-order valence-electron chi connectivity index (χ4n) is 3.11. The number of ether oxygens (including phenoxy) is 4. The molecule has 0 aliphatic carbocycles. The average molecular weight is 478 g/mol. The van der Waals surface area contributed by atoms with Crippen molar-refractivity contribution in [2.75, 3.05) is 20.0 Å². The van der Waals surface area contributed by atoms with Gasteiger partial charge in [-0.1, -0.05) is 18.2 Å². The summed E-state index contributed by atoms with van der Waals surface area (Å²) in [4.78, 5) is 66.9. The Bertz CT molecular complexity index is 958. The van der Waals surface area contributed by atoms with Gasteiger partial charge in [-0.25, -0.2) is 4.79 Å². The second-order valence-corrected chi connectivity index (χ2v) is 8.64. The average Bonchev–Trinajstić information content (AvgIpc) is 3.35. The van der Waals surface area contributed by atoms with Gasteiger partial charge < -0.3 is 24.3 Å². The van der Waals surface area contributed by atoms with E-state index in [2.05, 4.69) is 5.32 Å². The van der Waals surface area contributed by atoms with Crippen LogP contribution >= 0.6 is 0 Å². The number of hydroxylamine groups is 2. The summed E-state index contributed by atoms with van der Waals surface area (Å²) in [6, 6.07) is 7.47. The summed E-state index contributed by atoms with van der Waals surface area (Å²) in [5.41, 5.74) is -3.02. The van der Waals surface area contributed by atoms with Gasteiger partial charge in [0.25, 0.3) is 11.8 Å². The lowest BCUT2D eigenvalue weighted by Crippen LogP contribution is -2.57. The van der Waals surface area contributed by atoms with Gasteiger partial charge in [-0.05, 0) is 32.9 Å². The number of hydrogen-bond donors (Lipinski definition) is 1. The van der Waals surface area contributed by atoms with Crippen molar-refractivity contribution >= 4 is 29.7 Å². The van der Waals surface area contributed by atoms with Crippen molar-refractivity contribution in [2.45, 2.75) is 45.4 Å². The summed E-state index contributed by atoms with van der Waals surface area (Å²) >= 11 is 0. The monoisotopic (exact) mass is 478 g/mol. The van der Waals surface area contributed by atoms with E-state index in [1.165, 1.54) is 0 Å². The molecule has 2 aliphatic rings. The van der Waals surface area contributed by atoms with E-state index >= 15 is 0 Å². The highest BCUT2D eigenvalue weighted by atomic mass is 16.8. The van der Waals surface area contributed by atoms with Crippen LogP contribution in [0.15, 0.2) is 30.3 Å². The van der Waals surface area contributed by atoms with E-state index in [4.69, 9.17) is 23.8 Å². The molecule has 0 aromatic heterocycles. The molecule has 1 aromatic carbocycles. The molecular formula is C22H26N2O10. The lowest BCUT2D eigenvalue weighted by atomic mass is 9.98. The van der Waals surface area contributed by atoms with Gasteiger partial charge in [0.05, 0.1) is 11.8 Å². The van der Waals surface area contributed by atoms with Gasteiger partial charge in [-0.2, -0.15) is 5.06 Å². The van der Waals surface area contributed by atoms with Gasteiger partial charge in [0.1, 0.15) is 18.4 Å². The highest BCUT2D eigenvalue weighted by molar-refractivity contribution is 5.94. The molecule has 184 valence electrons. The van der Waals surface area contributed by atoms with E-state index in [1.807, 2.05) is 0 Å². The Labute approximate surface area is 195 Å². The minimum atomic E-state index is -2.19. The molecule has 2 atom stereocenters. The van der Waals surface area contributed by atoms with E-state index in [0.717, 1.165) is 0 Å². The number of rotatable bonds is 8. The van der Waals surface area contributed by atoms with Crippen LogP contribution < -0.4 is 10.1 Å². The largest absolute Gasteiger partial charge is 0.484 e.